The summed E-state index contributed by atoms with van der Waals surface area (Å²) in [7, 11) is 0. The Morgan fingerprint density at radius 1 is 1.45 bits per heavy atom. The van der Waals surface area contributed by atoms with Crippen LogP contribution < -0.4 is 5.11 Å². The summed E-state index contributed by atoms with van der Waals surface area (Å²) < 4.78 is 33.8. The zero-order chi connectivity index (χ0) is 8.36. The maximum absolute atomic E-state index is 11.3. The van der Waals surface area contributed by atoms with E-state index in [1.54, 1.807) is 0 Å². The Hall–Kier alpha value is -0.481. The third kappa shape index (κ3) is 5.94. The zero-order valence-corrected chi connectivity index (χ0v) is 6.49. The molecule has 63 valence electrons. The van der Waals surface area contributed by atoms with Crippen molar-refractivity contribution in [3.05, 3.63) is 11.8 Å². The van der Waals surface area contributed by atoms with Crippen molar-refractivity contribution in [2.45, 2.75) is 13.1 Å². The Morgan fingerprint density at radius 3 is 1.91 bits per heavy atom. The molecule has 0 bridgehead atoms. The van der Waals surface area contributed by atoms with E-state index >= 15 is 0 Å². The zero-order valence-electron chi connectivity index (χ0n) is 5.38. The Kier molecular flexibility index (Phi) is 5.26. The molecule has 0 atom stereocenters. The smallest absolute Gasteiger partial charge is 0.869 e. The van der Waals surface area contributed by atoms with Crippen molar-refractivity contribution < 1.29 is 40.1 Å². The molecule has 0 spiro atoms. The van der Waals surface area contributed by atoms with E-state index in [0.29, 0.717) is 0 Å². The van der Waals surface area contributed by atoms with Gasteiger partial charge in [0, 0.05) is 0 Å². The van der Waals surface area contributed by atoms with Crippen molar-refractivity contribution >= 4 is 5.78 Å². The summed E-state index contributed by atoms with van der Waals surface area (Å²) in [5.74, 6) is -3.01. The molecule has 6 heteroatoms. The molecule has 0 aromatic rings. The molecular weight excluding hydrogens is 205 g/mol. The number of hydrogen-bond acceptors (Lipinski definition) is 2. The van der Waals surface area contributed by atoms with Gasteiger partial charge in [-0.25, -0.2) is 0 Å². The van der Waals surface area contributed by atoms with Gasteiger partial charge in [-0.2, -0.15) is 13.2 Å². The molecule has 0 rings (SSSR count). The molecule has 0 aliphatic rings. The minimum absolute atomic E-state index is 0. The molecular formula is C5H4F3FeO2+2. The van der Waals surface area contributed by atoms with E-state index < -0.39 is 17.7 Å². The third-order valence-corrected chi connectivity index (χ3v) is 0.614. The summed E-state index contributed by atoms with van der Waals surface area (Å²) in [5, 5.41) is 9.87. The van der Waals surface area contributed by atoms with Gasteiger partial charge >= 0.3 is 23.2 Å². The van der Waals surface area contributed by atoms with Crippen LogP contribution in [0.2, 0.25) is 0 Å². The Bertz CT molecular complexity index is 173. The van der Waals surface area contributed by atoms with Crippen molar-refractivity contribution in [3.63, 3.8) is 0 Å². The van der Waals surface area contributed by atoms with Crippen LogP contribution in [0.15, 0.2) is 11.8 Å². The number of halogens is 3. The SMILES string of the molecule is CC(=O)/C=C(/[O-])C(F)(F)F.[Fe+3]. The standard InChI is InChI=1S/C5H5F3O2.Fe/c1-3(9)2-4(10)5(6,7)8;/h2,10H,1H3;/q;+3/p-1/b4-2+;. The van der Waals surface area contributed by atoms with Gasteiger partial charge in [0.2, 0.25) is 0 Å². The number of allylic oxidation sites excluding steroid dienone is 2. The van der Waals surface area contributed by atoms with Gasteiger partial charge in [-0.3, -0.25) is 4.79 Å². The van der Waals surface area contributed by atoms with Gasteiger partial charge in [0.25, 0.3) is 0 Å². The predicted octanol–water partition coefficient (Wildman–Crippen LogP) is 0.379. The fourth-order valence-electron chi connectivity index (χ4n) is 0.266. The molecule has 0 saturated heterocycles. The first-order valence-corrected chi connectivity index (χ1v) is 2.30. The quantitative estimate of drug-likeness (QED) is 0.355. The molecule has 0 N–H and O–H groups in total. The number of rotatable bonds is 1. The Morgan fingerprint density at radius 2 is 1.82 bits per heavy atom. The molecule has 0 amide bonds. The van der Waals surface area contributed by atoms with Crippen LogP contribution >= 0.6 is 0 Å². The van der Waals surface area contributed by atoms with Crippen molar-refractivity contribution in [2.75, 3.05) is 0 Å². The second kappa shape index (κ2) is 4.41. The van der Waals surface area contributed by atoms with Crippen LogP contribution in [-0.4, -0.2) is 12.0 Å². The largest absolute Gasteiger partial charge is 3.00 e. The van der Waals surface area contributed by atoms with E-state index in [-0.39, 0.29) is 23.1 Å². The number of carbonyl (C=O) groups is 1. The third-order valence-electron chi connectivity index (χ3n) is 0.614. The van der Waals surface area contributed by atoms with E-state index in [9.17, 15) is 23.1 Å². The maximum atomic E-state index is 11.3. The van der Waals surface area contributed by atoms with Crippen LogP contribution in [0, 0.1) is 0 Å². The normalized spacial score (nSPS) is 12.2. The molecule has 11 heavy (non-hydrogen) atoms. The number of carbonyl (C=O) groups excluding carboxylic acids is 1. The molecule has 2 nitrogen and oxygen atoms in total. The van der Waals surface area contributed by atoms with Gasteiger partial charge in [-0.05, 0) is 18.8 Å². The van der Waals surface area contributed by atoms with Crippen LogP contribution in [0.4, 0.5) is 13.2 Å². The first-order chi connectivity index (χ1) is 4.34. The van der Waals surface area contributed by atoms with Crippen LogP contribution in [0.25, 0.3) is 0 Å². The average molecular weight is 209 g/mol. The van der Waals surface area contributed by atoms with E-state index in [1.165, 1.54) is 0 Å². The van der Waals surface area contributed by atoms with Gasteiger partial charge < -0.3 is 5.11 Å². The molecule has 0 aromatic heterocycles. The van der Waals surface area contributed by atoms with Crippen LogP contribution in [0.1, 0.15) is 6.92 Å². The maximum Gasteiger partial charge on any atom is 3.00 e. The van der Waals surface area contributed by atoms with Crippen molar-refractivity contribution in [1.82, 2.24) is 0 Å². The predicted molar refractivity (Wildman–Crippen MR) is 24.8 cm³/mol. The van der Waals surface area contributed by atoms with E-state index in [2.05, 4.69) is 0 Å². The number of hydrogen-bond donors (Lipinski definition) is 0. The van der Waals surface area contributed by atoms with Crippen molar-refractivity contribution in [2.24, 2.45) is 0 Å². The first kappa shape index (κ1) is 13.1. The summed E-state index contributed by atoms with van der Waals surface area (Å²) in [6.45, 7) is 0.879. The molecule has 0 aromatic carbocycles. The van der Waals surface area contributed by atoms with E-state index in [0.717, 1.165) is 6.92 Å². The van der Waals surface area contributed by atoms with E-state index in [1.807, 2.05) is 0 Å². The Labute approximate surface area is 71.6 Å². The van der Waals surface area contributed by atoms with Crippen molar-refractivity contribution in [1.29, 1.82) is 0 Å². The molecule has 0 unspecified atom stereocenters. The summed E-state index contributed by atoms with van der Waals surface area (Å²) >= 11 is 0. The fourth-order valence-corrected chi connectivity index (χ4v) is 0.266. The first-order valence-electron chi connectivity index (χ1n) is 2.30. The summed E-state index contributed by atoms with van der Waals surface area (Å²) in [5.41, 5.74) is 0. The summed E-state index contributed by atoms with van der Waals surface area (Å²) in [6, 6.07) is 0. The monoisotopic (exact) mass is 209 g/mol. The van der Waals surface area contributed by atoms with Gasteiger partial charge in [-0.1, -0.05) is 0 Å². The van der Waals surface area contributed by atoms with Crippen LogP contribution in [0.5, 0.6) is 0 Å². The second-order valence-electron chi connectivity index (χ2n) is 1.62. The topological polar surface area (TPSA) is 40.1 Å². The number of alkyl halides is 3. The minimum atomic E-state index is -4.92. The molecule has 0 saturated carbocycles. The Balaban J connectivity index is 0. The van der Waals surface area contributed by atoms with Crippen LogP contribution in [0.3, 0.4) is 0 Å². The van der Waals surface area contributed by atoms with Gasteiger partial charge in [-0.15, -0.1) is 0 Å². The summed E-state index contributed by atoms with van der Waals surface area (Å²) in [4.78, 5) is 9.92. The molecule has 0 aliphatic heterocycles. The molecule has 0 fully saturated rings. The average Bonchev–Trinajstić information content (AvgIpc) is 1.60. The van der Waals surface area contributed by atoms with Crippen molar-refractivity contribution in [3.8, 4) is 0 Å². The van der Waals surface area contributed by atoms with Gasteiger partial charge in [0.15, 0.2) is 5.78 Å². The van der Waals surface area contributed by atoms with E-state index in [4.69, 9.17) is 0 Å². The molecule has 0 aliphatic carbocycles. The summed E-state index contributed by atoms with van der Waals surface area (Å²) in [6.07, 6.45) is -4.91. The molecule has 1 radical (unpaired) electrons. The number of ketones is 1. The second-order valence-corrected chi connectivity index (χ2v) is 1.62. The molecule has 0 heterocycles. The van der Waals surface area contributed by atoms with Crippen LogP contribution in [-0.2, 0) is 21.9 Å². The minimum Gasteiger partial charge on any atom is -0.869 e. The van der Waals surface area contributed by atoms with Gasteiger partial charge in [0.1, 0.15) is 0 Å². The van der Waals surface area contributed by atoms with Gasteiger partial charge in [0.05, 0.1) is 0 Å². The fraction of sp³-hybridized carbons (Fsp3) is 0.400.